The Hall–Kier alpha value is -2.42. The van der Waals surface area contributed by atoms with Crippen LogP contribution < -0.4 is 0 Å². The highest BCUT2D eigenvalue weighted by molar-refractivity contribution is 5.65. The Balaban J connectivity index is 2.09. The van der Waals surface area contributed by atoms with Gasteiger partial charge in [-0.1, -0.05) is 12.1 Å². The maximum absolute atomic E-state index is 4.38. The van der Waals surface area contributed by atoms with E-state index in [9.17, 15) is 0 Å². The Bertz CT molecular complexity index is 585. The first-order chi connectivity index (χ1) is 8.86. The van der Waals surface area contributed by atoms with Gasteiger partial charge in [0.25, 0.3) is 0 Å². The minimum Gasteiger partial charge on any atom is -0.341 e. The average Bonchev–Trinajstić information content (AvgIpc) is 2.83. The third kappa shape index (κ3) is 1.80. The lowest BCUT2D eigenvalue weighted by molar-refractivity contribution is 0.933. The number of pyridine rings is 2. The average molecular weight is 235 g/mol. The van der Waals surface area contributed by atoms with Gasteiger partial charge in [0.05, 0.1) is 22.8 Å². The van der Waals surface area contributed by atoms with Crippen LogP contribution in [0.1, 0.15) is 0 Å². The summed E-state index contributed by atoms with van der Waals surface area (Å²) < 4.78 is 2.12. The molecule has 0 saturated carbocycles. The molecule has 0 atom stereocenters. The molecule has 3 rings (SSSR count). The number of hydrogen-bond donors (Lipinski definition) is 0. The lowest BCUT2D eigenvalue weighted by atomic mass is 10.3. The van der Waals surface area contributed by atoms with Crippen molar-refractivity contribution in [3.05, 3.63) is 60.9 Å². The molecule has 3 heterocycles. The second kappa shape index (κ2) is 4.45. The van der Waals surface area contributed by atoms with E-state index in [0.29, 0.717) is 0 Å². The fourth-order valence-electron chi connectivity index (χ4n) is 2.05. The third-order valence-corrected chi connectivity index (χ3v) is 2.98. The van der Waals surface area contributed by atoms with Crippen LogP contribution in [0.15, 0.2) is 60.9 Å². The summed E-state index contributed by atoms with van der Waals surface area (Å²) in [4.78, 5) is 8.75. The highest BCUT2D eigenvalue weighted by Crippen LogP contribution is 2.24. The largest absolute Gasteiger partial charge is 0.341 e. The zero-order valence-corrected chi connectivity index (χ0v) is 10.1. The van der Waals surface area contributed by atoms with Crippen LogP contribution in [0.5, 0.6) is 0 Å². The van der Waals surface area contributed by atoms with E-state index in [4.69, 9.17) is 0 Å². The SMILES string of the molecule is Cn1c(-c2ccccn2)ccc1-c1ccccn1. The number of aromatic nitrogens is 3. The Kier molecular flexibility index (Phi) is 2.65. The molecule has 0 bridgehead atoms. The summed E-state index contributed by atoms with van der Waals surface area (Å²) in [5, 5.41) is 0. The van der Waals surface area contributed by atoms with E-state index in [1.54, 1.807) is 0 Å². The molecule has 0 radical (unpaired) electrons. The van der Waals surface area contributed by atoms with Gasteiger partial charge in [-0.25, -0.2) is 0 Å². The Morgan fingerprint density at radius 1 is 0.722 bits per heavy atom. The van der Waals surface area contributed by atoms with E-state index in [2.05, 4.69) is 26.7 Å². The van der Waals surface area contributed by atoms with E-state index >= 15 is 0 Å². The van der Waals surface area contributed by atoms with Crippen LogP contribution in [0.3, 0.4) is 0 Å². The molecule has 0 saturated heterocycles. The lowest BCUT2D eigenvalue weighted by Gasteiger charge is -2.06. The van der Waals surface area contributed by atoms with Gasteiger partial charge < -0.3 is 4.57 Å². The van der Waals surface area contributed by atoms with Crippen molar-refractivity contribution < 1.29 is 0 Å². The minimum absolute atomic E-state index is 0.974. The Morgan fingerprint density at radius 2 is 1.22 bits per heavy atom. The summed E-state index contributed by atoms with van der Waals surface area (Å²) >= 11 is 0. The predicted molar refractivity (Wildman–Crippen MR) is 71.9 cm³/mol. The van der Waals surface area contributed by atoms with Gasteiger partial charge >= 0.3 is 0 Å². The summed E-state index contributed by atoms with van der Waals surface area (Å²) in [6, 6.07) is 16.0. The van der Waals surface area contributed by atoms with Crippen LogP contribution in [-0.2, 0) is 7.05 Å². The van der Waals surface area contributed by atoms with Crippen LogP contribution in [0, 0.1) is 0 Å². The molecule has 3 aromatic heterocycles. The maximum Gasteiger partial charge on any atom is 0.0866 e. The number of nitrogens with zero attached hydrogens (tertiary/aromatic N) is 3. The topological polar surface area (TPSA) is 30.7 Å². The molecular formula is C15H13N3. The second-order valence-corrected chi connectivity index (χ2v) is 4.09. The van der Waals surface area contributed by atoms with Gasteiger partial charge in [-0.3, -0.25) is 9.97 Å². The monoisotopic (exact) mass is 235 g/mol. The molecule has 0 N–H and O–H groups in total. The quantitative estimate of drug-likeness (QED) is 0.683. The fraction of sp³-hybridized carbons (Fsp3) is 0.0667. The van der Waals surface area contributed by atoms with Crippen molar-refractivity contribution in [1.82, 2.24) is 14.5 Å². The first-order valence-electron chi connectivity index (χ1n) is 5.85. The van der Waals surface area contributed by atoms with Gasteiger partial charge in [0.2, 0.25) is 0 Å². The normalized spacial score (nSPS) is 10.5. The van der Waals surface area contributed by atoms with Crippen molar-refractivity contribution >= 4 is 0 Å². The molecule has 3 heteroatoms. The van der Waals surface area contributed by atoms with Crippen molar-refractivity contribution in [1.29, 1.82) is 0 Å². The molecule has 3 aromatic rings. The van der Waals surface area contributed by atoms with Crippen molar-refractivity contribution in [3.8, 4) is 22.8 Å². The minimum atomic E-state index is 0.974. The van der Waals surface area contributed by atoms with Gasteiger partial charge in [-0.2, -0.15) is 0 Å². The molecule has 0 aromatic carbocycles. The molecular weight excluding hydrogens is 222 g/mol. The van der Waals surface area contributed by atoms with Gasteiger partial charge in [-0.15, -0.1) is 0 Å². The smallest absolute Gasteiger partial charge is 0.0866 e. The molecule has 0 aliphatic heterocycles. The molecule has 0 fully saturated rings. The van der Waals surface area contributed by atoms with Crippen LogP contribution in [-0.4, -0.2) is 14.5 Å². The molecule has 18 heavy (non-hydrogen) atoms. The fourth-order valence-corrected chi connectivity index (χ4v) is 2.05. The molecule has 0 unspecified atom stereocenters. The van der Waals surface area contributed by atoms with Crippen LogP contribution in [0.4, 0.5) is 0 Å². The molecule has 0 aliphatic rings. The van der Waals surface area contributed by atoms with Crippen LogP contribution >= 0.6 is 0 Å². The predicted octanol–water partition coefficient (Wildman–Crippen LogP) is 3.15. The number of rotatable bonds is 2. The zero-order valence-electron chi connectivity index (χ0n) is 10.1. The lowest BCUT2D eigenvalue weighted by Crippen LogP contribution is -1.96. The van der Waals surface area contributed by atoms with E-state index in [-0.39, 0.29) is 0 Å². The van der Waals surface area contributed by atoms with Gasteiger partial charge in [0.1, 0.15) is 0 Å². The van der Waals surface area contributed by atoms with Crippen molar-refractivity contribution in [2.45, 2.75) is 0 Å². The molecule has 0 spiro atoms. The van der Waals surface area contributed by atoms with E-state index in [1.807, 2.05) is 55.8 Å². The molecule has 0 aliphatic carbocycles. The molecule has 0 amide bonds. The summed E-state index contributed by atoms with van der Waals surface area (Å²) in [6.45, 7) is 0. The molecule has 3 nitrogen and oxygen atoms in total. The van der Waals surface area contributed by atoms with Crippen molar-refractivity contribution in [3.63, 3.8) is 0 Å². The van der Waals surface area contributed by atoms with E-state index < -0.39 is 0 Å². The second-order valence-electron chi connectivity index (χ2n) is 4.09. The highest BCUT2D eigenvalue weighted by atomic mass is 15.0. The van der Waals surface area contributed by atoms with Crippen LogP contribution in [0.25, 0.3) is 22.8 Å². The highest BCUT2D eigenvalue weighted by Gasteiger charge is 2.09. The van der Waals surface area contributed by atoms with Gasteiger partial charge in [0.15, 0.2) is 0 Å². The first kappa shape index (κ1) is 10.7. The summed E-state index contributed by atoms with van der Waals surface area (Å²) in [6.07, 6.45) is 3.62. The summed E-state index contributed by atoms with van der Waals surface area (Å²) in [5.74, 6) is 0. The van der Waals surface area contributed by atoms with Gasteiger partial charge in [-0.05, 0) is 36.4 Å². The van der Waals surface area contributed by atoms with Crippen molar-refractivity contribution in [2.24, 2.45) is 7.05 Å². The Morgan fingerprint density at radius 3 is 1.61 bits per heavy atom. The standard InChI is InChI=1S/C15H13N3/c1-18-14(12-6-2-4-10-16-12)8-9-15(18)13-7-3-5-11-17-13/h2-11H,1H3. The maximum atomic E-state index is 4.38. The van der Waals surface area contributed by atoms with E-state index in [1.165, 1.54) is 0 Å². The summed E-state index contributed by atoms with van der Waals surface area (Å²) in [5.41, 5.74) is 4.14. The molecule has 88 valence electrons. The first-order valence-corrected chi connectivity index (χ1v) is 5.85. The Labute approximate surface area is 106 Å². The van der Waals surface area contributed by atoms with Crippen molar-refractivity contribution in [2.75, 3.05) is 0 Å². The third-order valence-electron chi connectivity index (χ3n) is 2.98. The summed E-state index contributed by atoms with van der Waals surface area (Å²) in [7, 11) is 2.04. The van der Waals surface area contributed by atoms with E-state index in [0.717, 1.165) is 22.8 Å². The van der Waals surface area contributed by atoms with Gasteiger partial charge in [0, 0.05) is 19.4 Å². The number of hydrogen-bond acceptors (Lipinski definition) is 2. The zero-order chi connectivity index (χ0) is 12.4. The van der Waals surface area contributed by atoms with Crippen LogP contribution in [0.2, 0.25) is 0 Å².